The van der Waals surface area contributed by atoms with E-state index in [0.29, 0.717) is 0 Å². The lowest BCUT2D eigenvalue weighted by Crippen LogP contribution is -2.29. The van der Waals surface area contributed by atoms with Crippen LogP contribution in [0.15, 0.2) is 34.6 Å². The second kappa shape index (κ2) is 3.87. The first-order valence-electron chi connectivity index (χ1n) is 4.05. The lowest BCUT2D eigenvalue weighted by molar-refractivity contribution is -0.111. The van der Waals surface area contributed by atoms with Gasteiger partial charge in [-0.3, -0.25) is 4.79 Å². The molecule has 1 aliphatic rings. The number of nitrogens with zero attached hydrogens (tertiary/aromatic N) is 1. The Bertz CT molecular complexity index is 594. The van der Waals surface area contributed by atoms with Gasteiger partial charge in [-0.05, 0) is 13.0 Å². The first-order chi connectivity index (χ1) is 7.30. The number of sulfonamides is 2. The van der Waals surface area contributed by atoms with Gasteiger partial charge in [0.2, 0.25) is 6.41 Å². The van der Waals surface area contributed by atoms with Gasteiger partial charge in [-0.15, -0.1) is 3.71 Å². The minimum Gasteiger partial charge on any atom is -0.276 e. The van der Waals surface area contributed by atoms with Crippen molar-refractivity contribution in [1.82, 2.24) is 3.71 Å². The van der Waals surface area contributed by atoms with Gasteiger partial charge in [-0.1, -0.05) is 18.7 Å². The summed E-state index contributed by atoms with van der Waals surface area (Å²) in [7, 11) is -8.52. The fourth-order valence-electron chi connectivity index (χ4n) is 1.14. The van der Waals surface area contributed by atoms with E-state index in [1.165, 1.54) is 12.2 Å². The minimum absolute atomic E-state index is 0.182. The zero-order chi connectivity index (χ0) is 12.6. The highest BCUT2D eigenvalue weighted by molar-refractivity contribution is 8.11. The van der Waals surface area contributed by atoms with Crippen molar-refractivity contribution < 1.29 is 21.6 Å². The van der Waals surface area contributed by atoms with E-state index in [2.05, 4.69) is 6.58 Å². The fraction of sp³-hybridized carbons (Fsp3) is 0.125. The molecule has 0 aromatic carbocycles. The Hall–Kier alpha value is -1.41. The van der Waals surface area contributed by atoms with Crippen LogP contribution in [0.1, 0.15) is 6.92 Å². The highest BCUT2D eigenvalue weighted by Gasteiger charge is 2.45. The van der Waals surface area contributed by atoms with Gasteiger partial charge in [-0.2, -0.15) is 8.42 Å². The molecule has 0 saturated carbocycles. The van der Waals surface area contributed by atoms with E-state index in [9.17, 15) is 21.6 Å². The van der Waals surface area contributed by atoms with Crippen LogP contribution in [0.4, 0.5) is 0 Å². The Kier molecular flexibility index (Phi) is 3.06. The molecule has 0 aliphatic carbocycles. The predicted octanol–water partition coefficient (Wildman–Crippen LogP) is 0.0917. The number of carbonyl (C=O) groups excluding carboxylic acids is 1. The lowest BCUT2D eigenvalue weighted by Gasteiger charge is -2.07. The highest BCUT2D eigenvalue weighted by Crippen LogP contribution is 2.33. The molecule has 0 N–H and O–H groups in total. The van der Waals surface area contributed by atoms with Crippen molar-refractivity contribution >= 4 is 26.5 Å². The third-order valence-electron chi connectivity index (χ3n) is 1.96. The van der Waals surface area contributed by atoms with Crippen LogP contribution in [0, 0.1) is 0 Å². The number of hydrogen-bond donors (Lipinski definition) is 0. The van der Waals surface area contributed by atoms with Crippen molar-refractivity contribution in [3.63, 3.8) is 0 Å². The summed E-state index contributed by atoms with van der Waals surface area (Å²) in [5, 5.41) is 0. The van der Waals surface area contributed by atoms with Crippen molar-refractivity contribution in [1.29, 1.82) is 0 Å². The Morgan fingerprint density at radius 1 is 1.19 bits per heavy atom. The van der Waals surface area contributed by atoms with Gasteiger partial charge < -0.3 is 0 Å². The largest absolute Gasteiger partial charge is 0.280 e. The maximum absolute atomic E-state index is 11.6. The standard InChI is InChI=1S/C8H9NO5S2/c1-3-4-5-8-7(2)15(11,12)9(6-10)16(8,13)14/h3-6H,1H2,2H3/b5-4-. The van der Waals surface area contributed by atoms with Gasteiger partial charge in [0.05, 0.1) is 4.91 Å². The summed E-state index contributed by atoms with van der Waals surface area (Å²) in [4.78, 5) is 9.71. The van der Waals surface area contributed by atoms with Crippen LogP contribution in [0.5, 0.6) is 0 Å². The number of amides is 1. The Labute approximate surface area is 93.7 Å². The Morgan fingerprint density at radius 3 is 2.12 bits per heavy atom. The van der Waals surface area contributed by atoms with Crippen LogP contribution in [0.3, 0.4) is 0 Å². The summed E-state index contributed by atoms with van der Waals surface area (Å²) in [6, 6.07) is 0. The Morgan fingerprint density at radius 2 is 1.75 bits per heavy atom. The van der Waals surface area contributed by atoms with Gasteiger partial charge in [0.15, 0.2) is 0 Å². The summed E-state index contributed by atoms with van der Waals surface area (Å²) >= 11 is 0. The number of rotatable bonds is 3. The van der Waals surface area contributed by atoms with Gasteiger partial charge >= 0.3 is 0 Å². The molecule has 1 heterocycles. The van der Waals surface area contributed by atoms with E-state index in [-0.39, 0.29) is 15.0 Å². The number of allylic oxidation sites excluding steroid dienone is 4. The lowest BCUT2D eigenvalue weighted by atomic mass is 10.4. The quantitative estimate of drug-likeness (QED) is 0.532. The van der Waals surface area contributed by atoms with Gasteiger partial charge in [0, 0.05) is 0 Å². The summed E-state index contributed by atoms with van der Waals surface area (Å²) in [6.45, 7) is 4.46. The average molecular weight is 263 g/mol. The number of carbonyl (C=O) groups is 1. The van der Waals surface area contributed by atoms with E-state index in [0.717, 1.165) is 13.0 Å². The second-order valence-corrected chi connectivity index (χ2v) is 6.83. The van der Waals surface area contributed by atoms with E-state index in [4.69, 9.17) is 0 Å². The molecule has 0 bridgehead atoms. The molecule has 0 fully saturated rings. The molecule has 0 radical (unpaired) electrons. The molecule has 0 atom stereocenters. The molecule has 1 aliphatic heterocycles. The third-order valence-corrected chi connectivity index (χ3v) is 6.37. The van der Waals surface area contributed by atoms with Crippen molar-refractivity contribution in [3.8, 4) is 0 Å². The zero-order valence-corrected chi connectivity index (χ0v) is 9.95. The van der Waals surface area contributed by atoms with Crippen LogP contribution in [-0.4, -0.2) is 27.0 Å². The smallest absolute Gasteiger partial charge is 0.276 e. The maximum atomic E-state index is 11.6. The van der Waals surface area contributed by atoms with Crippen molar-refractivity contribution in [2.75, 3.05) is 0 Å². The first kappa shape index (κ1) is 12.7. The highest BCUT2D eigenvalue weighted by atomic mass is 32.3. The molecule has 8 heteroatoms. The molecule has 16 heavy (non-hydrogen) atoms. The SMILES string of the molecule is C=C/C=C\C1=C(C)S(=O)(=O)N(C=O)S1(=O)=O. The average Bonchev–Trinajstić information content (AvgIpc) is 2.29. The van der Waals surface area contributed by atoms with Crippen LogP contribution in [0.25, 0.3) is 0 Å². The molecular weight excluding hydrogens is 254 g/mol. The van der Waals surface area contributed by atoms with Crippen LogP contribution >= 0.6 is 0 Å². The molecule has 0 aromatic heterocycles. The molecule has 0 spiro atoms. The van der Waals surface area contributed by atoms with Gasteiger partial charge in [0.25, 0.3) is 20.0 Å². The molecule has 0 aromatic rings. The molecule has 1 amide bonds. The zero-order valence-electron chi connectivity index (χ0n) is 8.32. The monoisotopic (exact) mass is 263 g/mol. The number of hydrogen-bond acceptors (Lipinski definition) is 5. The van der Waals surface area contributed by atoms with E-state index < -0.39 is 25.0 Å². The fourth-order valence-corrected chi connectivity index (χ4v) is 5.01. The third kappa shape index (κ3) is 1.59. The van der Waals surface area contributed by atoms with Gasteiger partial charge in [0.1, 0.15) is 4.91 Å². The van der Waals surface area contributed by atoms with E-state index in [1.807, 2.05) is 0 Å². The summed E-state index contributed by atoms with van der Waals surface area (Å²) in [5.74, 6) is 0. The van der Waals surface area contributed by atoms with Crippen LogP contribution in [0.2, 0.25) is 0 Å². The topological polar surface area (TPSA) is 88.6 Å². The summed E-state index contributed by atoms with van der Waals surface area (Å²) in [6.07, 6.45) is 3.42. The van der Waals surface area contributed by atoms with E-state index in [1.54, 1.807) is 0 Å². The molecule has 88 valence electrons. The molecule has 6 nitrogen and oxygen atoms in total. The first-order valence-corrected chi connectivity index (χ1v) is 6.93. The van der Waals surface area contributed by atoms with Crippen molar-refractivity contribution in [2.45, 2.75) is 6.92 Å². The van der Waals surface area contributed by atoms with Crippen molar-refractivity contribution in [2.24, 2.45) is 0 Å². The maximum Gasteiger partial charge on any atom is 0.280 e. The summed E-state index contributed by atoms with van der Waals surface area (Å²) in [5.41, 5.74) is 0. The predicted molar refractivity (Wildman–Crippen MR) is 57.8 cm³/mol. The molecular formula is C8H9NO5S2. The van der Waals surface area contributed by atoms with Crippen LogP contribution in [-0.2, 0) is 24.8 Å². The molecule has 1 rings (SSSR count). The van der Waals surface area contributed by atoms with E-state index >= 15 is 0 Å². The normalized spacial score (nSPS) is 22.7. The summed E-state index contributed by atoms with van der Waals surface area (Å²) < 4.78 is 46.1. The van der Waals surface area contributed by atoms with Crippen LogP contribution < -0.4 is 0 Å². The molecule has 0 saturated heterocycles. The van der Waals surface area contributed by atoms with Crippen molar-refractivity contribution in [3.05, 3.63) is 34.6 Å². The Balaban J connectivity index is 3.60. The minimum atomic E-state index is -4.28. The van der Waals surface area contributed by atoms with Gasteiger partial charge in [-0.25, -0.2) is 8.42 Å². The molecule has 0 unspecified atom stereocenters. The second-order valence-electron chi connectivity index (χ2n) is 2.86.